The van der Waals surface area contributed by atoms with Crippen LogP contribution in [0.25, 0.3) is 0 Å². The lowest BCUT2D eigenvalue weighted by Crippen LogP contribution is -2.33. The molecule has 23 heteroatoms. The molecule has 0 fully saturated rings. The first-order valence-electron chi connectivity index (χ1n) is 22.9. The van der Waals surface area contributed by atoms with Gasteiger partial charge in [0.05, 0.1) is 42.1 Å². The zero-order valence-corrected chi connectivity index (χ0v) is 48.4. The maximum Gasteiger partial charge on any atom is 0.373 e. The Balaban J connectivity index is 0.000000297. The molecule has 2 aliphatic rings. The molecular formula is C48H64Cl5N3O11P2S2. The standard InChI is InChI=1S/C22H29Cl2N2O4PS.C16H14Cl3NO2S.C9H21O3P.CO2/c1-5-26(15-31(4,27)30-6-2)32(28,29)18-9-7-8-16(10-18)20-13-25(3)14-21-19(20)11-17(23)12-22(21)24;1-20-8-14(10-3-2-4-12(5-10)23(19,21)22)13-6-11(17)7-16(18)15(13)9-20;1-4-7-8-9-13(10,11-5-2)12-6-3;2-1-3/h7-12,20H,5-6,13-15H2,1-4H3;2-7,14H,8-9H2,1H3;4-9H2,1-3H3;. The van der Waals surface area contributed by atoms with E-state index >= 15 is 0 Å². The van der Waals surface area contributed by atoms with Gasteiger partial charge in [0.25, 0.3) is 9.05 Å². The molecule has 2 heterocycles. The normalized spacial score (nSPS) is 16.9. The number of rotatable bonds is 18. The summed E-state index contributed by atoms with van der Waals surface area (Å²) in [5.41, 5.74) is 5.80. The van der Waals surface area contributed by atoms with Gasteiger partial charge in [-0.15, -0.1) is 0 Å². The minimum atomic E-state index is -3.86. The number of hydrogen-bond donors (Lipinski definition) is 0. The van der Waals surface area contributed by atoms with Crippen molar-refractivity contribution in [2.24, 2.45) is 0 Å². The van der Waals surface area contributed by atoms with Crippen LogP contribution < -0.4 is 0 Å². The molecular weight excluding hydrogens is 1100 g/mol. The zero-order valence-electron chi connectivity index (χ0n) is 41.2. The Kier molecular flexibility index (Phi) is 26.0. The van der Waals surface area contributed by atoms with Crippen molar-refractivity contribution in [2.45, 2.75) is 88.6 Å². The second-order valence-electron chi connectivity index (χ2n) is 16.8. The molecule has 3 unspecified atom stereocenters. The monoisotopic (exact) mass is 1160 g/mol. The van der Waals surface area contributed by atoms with E-state index in [2.05, 4.69) is 16.7 Å². The predicted molar refractivity (Wildman–Crippen MR) is 285 cm³/mol. The molecule has 71 heavy (non-hydrogen) atoms. The lowest BCUT2D eigenvalue weighted by Gasteiger charge is -2.33. The Morgan fingerprint density at radius 1 is 0.676 bits per heavy atom. The molecule has 6 rings (SSSR count). The summed E-state index contributed by atoms with van der Waals surface area (Å²) in [4.78, 5) is 20.8. The van der Waals surface area contributed by atoms with E-state index in [0.717, 1.165) is 65.7 Å². The molecule has 4 aromatic rings. The summed E-state index contributed by atoms with van der Waals surface area (Å²) in [6.45, 7) is 15.0. The molecule has 0 N–H and O–H groups in total. The number of fused-ring (bicyclic) bond motifs is 2. The van der Waals surface area contributed by atoms with Crippen LogP contribution in [0.15, 0.2) is 82.6 Å². The lowest BCUT2D eigenvalue weighted by atomic mass is 9.85. The van der Waals surface area contributed by atoms with Gasteiger partial charge in [0.15, 0.2) is 0 Å². The molecule has 0 aliphatic carbocycles. The summed E-state index contributed by atoms with van der Waals surface area (Å²) >= 11 is 25.2. The van der Waals surface area contributed by atoms with Gasteiger partial charge in [0, 0.05) is 82.0 Å². The van der Waals surface area contributed by atoms with Crippen LogP contribution in [-0.2, 0) is 64.5 Å². The molecule has 0 saturated heterocycles. The van der Waals surface area contributed by atoms with Crippen LogP contribution in [0.4, 0.5) is 0 Å². The fourth-order valence-electron chi connectivity index (χ4n) is 8.25. The number of halogens is 5. The average molecular weight is 1160 g/mol. The quantitative estimate of drug-likeness (QED) is 0.0523. The van der Waals surface area contributed by atoms with Crippen LogP contribution in [-0.4, -0.2) is 110 Å². The van der Waals surface area contributed by atoms with E-state index in [1.165, 1.54) is 17.0 Å². The number of carbonyl (C=O) groups excluding carboxylic acids is 2. The van der Waals surface area contributed by atoms with Crippen molar-refractivity contribution in [1.29, 1.82) is 0 Å². The Morgan fingerprint density at radius 3 is 1.52 bits per heavy atom. The van der Waals surface area contributed by atoms with E-state index in [1.54, 1.807) is 56.3 Å². The molecule has 14 nitrogen and oxygen atoms in total. The van der Waals surface area contributed by atoms with Gasteiger partial charge < -0.3 is 23.4 Å². The first kappa shape index (κ1) is 63.1. The minimum absolute atomic E-state index is 0.0154. The Hall–Kier alpha value is -2.17. The van der Waals surface area contributed by atoms with Crippen molar-refractivity contribution in [3.8, 4) is 0 Å². The van der Waals surface area contributed by atoms with E-state index in [-0.39, 0.29) is 47.2 Å². The Labute approximate surface area is 445 Å². The maximum absolute atomic E-state index is 13.4. The predicted octanol–water partition coefficient (Wildman–Crippen LogP) is 12.8. The SMILES string of the molecule is CCCCCP(=O)(OCC)OCC.CCOP(C)(=O)CN(CC)S(=O)(=O)c1cccc(C2CN(C)Cc3c(Cl)cc(Cl)cc32)c1.CN1Cc2c(Cl)cc(Cl)cc2C(c2cccc(S(=O)(=O)Cl)c2)C1.O=C=O. The highest BCUT2D eigenvalue weighted by Crippen LogP contribution is 2.49. The second-order valence-corrected chi connectivity index (χ2v) is 27.7. The van der Waals surface area contributed by atoms with E-state index in [0.29, 0.717) is 52.6 Å². The molecule has 2 aliphatic heterocycles. The average Bonchev–Trinajstić information content (AvgIpc) is 3.29. The molecule has 0 amide bonds. The van der Waals surface area contributed by atoms with Crippen molar-refractivity contribution in [3.05, 3.63) is 126 Å². The molecule has 0 bridgehead atoms. The summed E-state index contributed by atoms with van der Waals surface area (Å²) < 4.78 is 91.3. The summed E-state index contributed by atoms with van der Waals surface area (Å²) in [6.07, 6.45) is 3.78. The van der Waals surface area contributed by atoms with E-state index < -0.39 is 34.0 Å². The highest BCUT2D eigenvalue weighted by atomic mass is 35.7. The third kappa shape index (κ3) is 18.9. The van der Waals surface area contributed by atoms with Crippen molar-refractivity contribution >= 4 is 97.3 Å². The van der Waals surface area contributed by atoms with Gasteiger partial charge >= 0.3 is 13.7 Å². The fourth-order valence-corrected chi connectivity index (χ4v) is 15.7. The molecule has 4 aromatic carbocycles. The van der Waals surface area contributed by atoms with Crippen molar-refractivity contribution in [2.75, 3.05) is 72.7 Å². The number of nitrogens with zero attached hydrogens (tertiary/aromatic N) is 3. The topological polar surface area (TPSA) is 174 Å². The van der Waals surface area contributed by atoms with Crippen LogP contribution in [0, 0.1) is 0 Å². The second kappa shape index (κ2) is 29.2. The number of benzene rings is 4. The van der Waals surface area contributed by atoms with Gasteiger partial charge in [-0.2, -0.15) is 13.9 Å². The highest BCUT2D eigenvalue weighted by Gasteiger charge is 2.33. The maximum atomic E-state index is 13.4. The third-order valence-corrected chi connectivity index (χ3v) is 19.7. The number of likely N-dealkylation sites (N-methyl/N-ethyl adjacent to an activating group) is 2. The van der Waals surface area contributed by atoms with Crippen molar-refractivity contribution in [3.63, 3.8) is 0 Å². The van der Waals surface area contributed by atoms with Gasteiger partial charge in [-0.05, 0) is 123 Å². The van der Waals surface area contributed by atoms with Crippen LogP contribution in [0.3, 0.4) is 0 Å². The molecule has 0 saturated carbocycles. The van der Waals surface area contributed by atoms with Gasteiger partial charge in [0.2, 0.25) is 17.4 Å². The molecule has 0 spiro atoms. The number of sulfonamides is 1. The summed E-state index contributed by atoms with van der Waals surface area (Å²) in [5.74, 6) is -0.0933. The van der Waals surface area contributed by atoms with E-state index in [4.69, 9.17) is 80.2 Å². The van der Waals surface area contributed by atoms with Crippen molar-refractivity contribution in [1.82, 2.24) is 14.1 Å². The highest BCUT2D eigenvalue weighted by molar-refractivity contribution is 8.13. The number of unbranched alkanes of at least 4 members (excludes halogenated alkanes) is 2. The minimum Gasteiger partial charge on any atom is -0.328 e. The van der Waals surface area contributed by atoms with Crippen LogP contribution >= 0.6 is 72.1 Å². The molecule has 3 atom stereocenters. The molecule has 0 aromatic heterocycles. The fraction of sp³-hybridized carbons (Fsp3) is 0.479. The number of hydrogen-bond acceptors (Lipinski definition) is 13. The largest absolute Gasteiger partial charge is 0.373 e. The summed E-state index contributed by atoms with van der Waals surface area (Å²) in [5, 5.41) is 2.37. The van der Waals surface area contributed by atoms with Gasteiger partial charge in [-0.1, -0.05) is 97.4 Å². The smallest absolute Gasteiger partial charge is 0.328 e. The zero-order chi connectivity index (χ0) is 53.3. The molecule has 394 valence electrons. The first-order valence-corrected chi connectivity index (χ1v) is 32.1. The summed E-state index contributed by atoms with van der Waals surface area (Å²) in [7, 11) is -3.96. The third-order valence-electron chi connectivity index (χ3n) is 11.3. The van der Waals surface area contributed by atoms with E-state index in [1.807, 2.05) is 52.2 Å². The van der Waals surface area contributed by atoms with Crippen LogP contribution in [0.2, 0.25) is 20.1 Å². The lowest BCUT2D eigenvalue weighted by molar-refractivity contribution is -0.191. The van der Waals surface area contributed by atoms with E-state index in [9.17, 15) is 26.0 Å². The van der Waals surface area contributed by atoms with Crippen LogP contribution in [0.5, 0.6) is 0 Å². The Morgan fingerprint density at radius 2 is 1.11 bits per heavy atom. The van der Waals surface area contributed by atoms with Crippen molar-refractivity contribution < 1.29 is 49.1 Å². The first-order chi connectivity index (χ1) is 33.3. The Bertz CT molecular complexity index is 2760. The molecule has 0 radical (unpaired) electrons. The van der Waals surface area contributed by atoms with Gasteiger partial charge in [-0.3, -0.25) is 9.13 Å². The van der Waals surface area contributed by atoms with Gasteiger partial charge in [-0.25, -0.2) is 16.8 Å². The summed E-state index contributed by atoms with van der Waals surface area (Å²) in [6, 6.07) is 20.9. The van der Waals surface area contributed by atoms with Gasteiger partial charge in [0.1, 0.15) is 0 Å². The van der Waals surface area contributed by atoms with Crippen LogP contribution in [0.1, 0.15) is 99.1 Å².